The summed E-state index contributed by atoms with van der Waals surface area (Å²) in [5.74, 6) is -1.03. The van der Waals surface area contributed by atoms with E-state index in [0.717, 1.165) is 0 Å². The molecule has 0 unspecified atom stereocenters. The second-order valence-electron chi connectivity index (χ2n) is 7.25. The van der Waals surface area contributed by atoms with Gasteiger partial charge >= 0.3 is 0 Å². The van der Waals surface area contributed by atoms with Crippen molar-refractivity contribution in [2.24, 2.45) is 0 Å². The molecular weight excluding hydrogens is 482 g/mol. The van der Waals surface area contributed by atoms with Gasteiger partial charge in [-0.3, -0.25) is 9.59 Å². The molecule has 0 bridgehead atoms. The topological polar surface area (TPSA) is 153 Å². The molecule has 0 fully saturated rings. The molecule has 0 aliphatic rings. The molecule has 2 aromatic carbocycles. The van der Waals surface area contributed by atoms with Crippen molar-refractivity contribution in [3.8, 4) is 22.4 Å². The van der Waals surface area contributed by atoms with Crippen LogP contribution in [0, 0.1) is 6.92 Å². The highest BCUT2D eigenvalue weighted by molar-refractivity contribution is 7.90. The van der Waals surface area contributed by atoms with Crippen LogP contribution in [0.4, 0.5) is 0 Å². The number of nitrogens with zero attached hydrogens (tertiary/aromatic N) is 1. The van der Waals surface area contributed by atoms with Gasteiger partial charge in [-0.15, -0.1) is 0 Å². The molecule has 1 aromatic heterocycles. The molecule has 12 heteroatoms. The van der Waals surface area contributed by atoms with Crippen LogP contribution >= 0.6 is 0 Å². The van der Waals surface area contributed by atoms with E-state index in [9.17, 15) is 26.4 Å². The normalized spacial score (nSPS) is 11.7. The third-order valence-corrected chi connectivity index (χ3v) is 7.67. The van der Waals surface area contributed by atoms with E-state index in [1.165, 1.54) is 50.2 Å². The molecule has 180 valence electrons. The standard InChI is InChI=1S/C22H23N3O7S2/c1-4-19(26)24-33(28,29)16-10-8-9-15(13-16)22-21(14(3)32-23-22)17-11-6-7-12-18(17)34(30,31)25-20(27)5-2/h6-13H,4-5H2,1-3H3,(H,24,26)(H,25,27). The molecule has 2 amide bonds. The maximum absolute atomic E-state index is 12.9. The number of benzene rings is 2. The Bertz CT molecular complexity index is 1460. The van der Waals surface area contributed by atoms with E-state index in [1.54, 1.807) is 19.1 Å². The zero-order valence-electron chi connectivity index (χ0n) is 18.7. The first-order valence-electron chi connectivity index (χ1n) is 10.3. The zero-order valence-corrected chi connectivity index (χ0v) is 20.3. The summed E-state index contributed by atoms with van der Waals surface area (Å²) in [6.07, 6.45) is -0.0276. The summed E-state index contributed by atoms with van der Waals surface area (Å²) in [5, 5.41) is 4.02. The highest BCUT2D eigenvalue weighted by Gasteiger charge is 2.27. The number of rotatable bonds is 8. The van der Waals surface area contributed by atoms with Gasteiger partial charge < -0.3 is 4.52 Å². The number of sulfonamides is 2. The molecule has 3 aromatic rings. The largest absolute Gasteiger partial charge is 0.360 e. The van der Waals surface area contributed by atoms with Crippen LogP contribution in [0.3, 0.4) is 0 Å². The van der Waals surface area contributed by atoms with E-state index in [0.29, 0.717) is 11.1 Å². The Morgan fingerprint density at radius 3 is 2.15 bits per heavy atom. The Balaban J connectivity index is 2.15. The van der Waals surface area contributed by atoms with E-state index < -0.39 is 31.9 Å². The quantitative estimate of drug-likeness (QED) is 0.474. The molecule has 1 heterocycles. The van der Waals surface area contributed by atoms with Crippen molar-refractivity contribution in [3.63, 3.8) is 0 Å². The minimum atomic E-state index is -4.20. The first-order valence-corrected chi connectivity index (χ1v) is 13.2. The Kier molecular flexibility index (Phi) is 7.22. The number of hydrogen-bond acceptors (Lipinski definition) is 8. The van der Waals surface area contributed by atoms with Gasteiger partial charge in [-0.2, -0.15) is 0 Å². The van der Waals surface area contributed by atoms with E-state index in [1.807, 2.05) is 9.44 Å². The molecule has 2 N–H and O–H groups in total. The molecule has 3 rings (SSSR count). The molecule has 0 radical (unpaired) electrons. The number of aromatic nitrogens is 1. The molecular formula is C22H23N3O7S2. The fourth-order valence-corrected chi connectivity index (χ4v) is 5.54. The summed E-state index contributed by atoms with van der Waals surface area (Å²) in [6.45, 7) is 4.64. The third-order valence-electron chi connectivity index (χ3n) is 4.87. The number of carbonyl (C=O) groups is 2. The van der Waals surface area contributed by atoms with Gasteiger partial charge in [0.05, 0.1) is 15.4 Å². The lowest BCUT2D eigenvalue weighted by Gasteiger charge is -2.12. The Morgan fingerprint density at radius 2 is 1.50 bits per heavy atom. The average Bonchev–Trinajstić information content (AvgIpc) is 3.19. The highest BCUT2D eigenvalue weighted by atomic mass is 32.2. The van der Waals surface area contributed by atoms with Crippen LogP contribution in [0.25, 0.3) is 22.4 Å². The van der Waals surface area contributed by atoms with Crippen molar-refractivity contribution in [1.82, 2.24) is 14.6 Å². The van der Waals surface area contributed by atoms with Gasteiger partial charge in [0.15, 0.2) is 0 Å². The average molecular weight is 506 g/mol. The number of amides is 2. The highest BCUT2D eigenvalue weighted by Crippen LogP contribution is 2.38. The number of carbonyl (C=O) groups excluding carboxylic acids is 2. The van der Waals surface area contributed by atoms with Crippen molar-refractivity contribution < 1.29 is 30.9 Å². The lowest BCUT2D eigenvalue weighted by Crippen LogP contribution is -2.30. The maximum atomic E-state index is 12.9. The maximum Gasteiger partial charge on any atom is 0.264 e. The van der Waals surface area contributed by atoms with Crippen LogP contribution in [0.2, 0.25) is 0 Å². The summed E-state index contributed by atoms with van der Waals surface area (Å²) in [4.78, 5) is 23.1. The summed E-state index contributed by atoms with van der Waals surface area (Å²) in [5.41, 5.74) is 1.06. The fraction of sp³-hybridized carbons (Fsp3) is 0.227. The van der Waals surface area contributed by atoms with E-state index >= 15 is 0 Å². The lowest BCUT2D eigenvalue weighted by molar-refractivity contribution is -0.119. The van der Waals surface area contributed by atoms with E-state index in [2.05, 4.69) is 5.16 Å². The van der Waals surface area contributed by atoms with Crippen molar-refractivity contribution in [2.75, 3.05) is 0 Å². The van der Waals surface area contributed by atoms with Crippen LogP contribution in [-0.4, -0.2) is 33.8 Å². The minimum absolute atomic E-state index is 0.00855. The van der Waals surface area contributed by atoms with Crippen molar-refractivity contribution in [3.05, 3.63) is 54.3 Å². The Hall–Kier alpha value is -3.51. The molecule has 0 aliphatic carbocycles. The number of hydrogen-bond donors (Lipinski definition) is 2. The monoisotopic (exact) mass is 505 g/mol. The summed E-state index contributed by atoms with van der Waals surface area (Å²) < 4.78 is 60.2. The lowest BCUT2D eigenvalue weighted by atomic mass is 9.99. The number of nitrogens with one attached hydrogen (secondary N) is 2. The molecule has 10 nitrogen and oxygen atoms in total. The second kappa shape index (κ2) is 9.77. The van der Waals surface area contributed by atoms with Gasteiger partial charge in [-0.05, 0) is 25.1 Å². The first kappa shape index (κ1) is 25.1. The summed E-state index contributed by atoms with van der Waals surface area (Å²) in [6, 6.07) is 11.7. The third kappa shape index (κ3) is 5.18. The molecule has 0 aliphatic heterocycles. The van der Waals surface area contributed by atoms with Gasteiger partial charge in [0.25, 0.3) is 20.0 Å². The summed E-state index contributed by atoms with van der Waals surface area (Å²) >= 11 is 0. The van der Waals surface area contributed by atoms with Crippen LogP contribution in [-0.2, 0) is 29.6 Å². The van der Waals surface area contributed by atoms with E-state index in [4.69, 9.17) is 4.52 Å². The zero-order chi connectivity index (χ0) is 25.1. The fourth-order valence-electron chi connectivity index (χ4n) is 3.16. The number of aryl methyl sites for hydroxylation is 1. The van der Waals surface area contributed by atoms with Gasteiger partial charge in [-0.25, -0.2) is 26.3 Å². The molecule has 0 saturated heterocycles. The van der Waals surface area contributed by atoms with Crippen molar-refractivity contribution in [2.45, 2.75) is 43.4 Å². The van der Waals surface area contributed by atoms with Crippen LogP contribution < -0.4 is 9.44 Å². The van der Waals surface area contributed by atoms with Crippen LogP contribution in [0.15, 0.2) is 62.8 Å². The van der Waals surface area contributed by atoms with Crippen molar-refractivity contribution >= 4 is 31.9 Å². The van der Waals surface area contributed by atoms with Crippen molar-refractivity contribution in [1.29, 1.82) is 0 Å². The predicted molar refractivity (Wildman–Crippen MR) is 123 cm³/mol. The van der Waals surface area contributed by atoms with Crippen LogP contribution in [0.1, 0.15) is 32.4 Å². The minimum Gasteiger partial charge on any atom is -0.360 e. The predicted octanol–water partition coefficient (Wildman–Crippen LogP) is 2.75. The van der Waals surface area contributed by atoms with Crippen LogP contribution in [0.5, 0.6) is 0 Å². The molecule has 34 heavy (non-hydrogen) atoms. The van der Waals surface area contributed by atoms with Gasteiger partial charge in [0.2, 0.25) is 11.8 Å². The summed E-state index contributed by atoms with van der Waals surface area (Å²) in [7, 11) is -8.33. The Morgan fingerprint density at radius 1 is 0.882 bits per heavy atom. The molecule has 0 saturated carbocycles. The van der Waals surface area contributed by atoms with Gasteiger partial charge in [0.1, 0.15) is 11.5 Å². The van der Waals surface area contributed by atoms with Gasteiger partial charge in [-0.1, -0.05) is 49.3 Å². The van der Waals surface area contributed by atoms with E-state index in [-0.39, 0.29) is 39.7 Å². The Labute approximate surface area is 197 Å². The SMILES string of the molecule is CCC(=O)NS(=O)(=O)c1cccc(-c2noc(C)c2-c2ccccc2S(=O)(=O)NC(=O)CC)c1. The first-order chi connectivity index (χ1) is 16.0. The molecule has 0 atom stereocenters. The second-order valence-corrected chi connectivity index (χ2v) is 10.6. The van der Waals surface area contributed by atoms with Gasteiger partial charge in [0, 0.05) is 24.0 Å². The smallest absolute Gasteiger partial charge is 0.264 e. The molecule has 0 spiro atoms.